The molecule has 1 atom stereocenters. The number of piperidine rings is 1. The Morgan fingerprint density at radius 3 is 2.82 bits per heavy atom. The van der Waals surface area contributed by atoms with E-state index in [1.807, 2.05) is 23.2 Å². The predicted octanol–water partition coefficient (Wildman–Crippen LogP) is 2.88. The van der Waals surface area contributed by atoms with Crippen LogP contribution < -0.4 is 0 Å². The van der Waals surface area contributed by atoms with Gasteiger partial charge < -0.3 is 19.5 Å². The van der Waals surface area contributed by atoms with Crippen molar-refractivity contribution in [2.24, 2.45) is 0 Å². The summed E-state index contributed by atoms with van der Waals surface area (Å²) in [4.78, 5) is 21.6. The number of hydrogen-bond acceptors (Lipinski definition) is 4. The van der Waals surface area contributed by atoms with Crippen molar-refractivity contribution in [3.8, 4) is 5.75 Å². The third kappa shape index (κ3) is 5.58. The summed E-state index contributed by atoms with van der Waals surface area (Å²) in [6, 6.07) is 7.11. The van der Waals surface area contributed by atoms with E-state index in [-0.39, 0.29) is 11.7 Å². The minimum atomic E-state index is 0.212. The van der Waals surface area contributed by atoms with Crippen LogP contribution in [0.2, 0.25) is 0 Å². The number of phenolic OH excluding ortho intramolecular Hbond substituents is 1. The molecule has 1 aliphatic heterocycles. The largest absolute Gasteiger partial charge is 0.508 e. The van der Waals surface area contributed by atoms with Crippen LogP contribution in [0.3, 0.4) is 0 Å². The summed E-state index contributed by atoms with van der Waals surface area (Å²) in [5, 5.41) is 9.38. The summed E-state index contributed by atoms with van der Waals surface area (Å²) in [5.74, 6) is 1.91. The molecular formula is C22H32N4O2. The molecule has 6 heteroatoms. The summed E-state index contributed by atoms with van der Waals surface area (Å²) in [5.41, 5.74) is 1.08. The number of imidazole rings is 1. The summed E-state index contributed by atoms with van der Waals surface area (Å²) in [7, 11) is 4.19. The Labute approximate surface area is 167 Å². The molecule has 1 amide bonds. The monoisotopic (exact) mass is 384 g/mol. The number of aryl methyl sites for hydroxylation is 2. The van der Waals surface area contributed by atoms with Crippen LogP contribution in [0, 0.1) is 0 Å². The van der Waals surface area contributed by atoms with Gasteiger partial charge in [0.25, 0.3) is 0 Å². The zero-order chi connectivity index (χ0) is 19.9. The Kier molecular flexibility index (Phi) is 7.09. The number of phenols is 1. The smallest absolute Gasteiger partial charge is 0.222 e. The van der Waals surface area contributed by atoms with Crippen molar-refractivity contribution >= 4 is 5.91 Å². The molecule has 28 heavy (non-hydrogen) atoms. The second kappa shape index (κ2) is 9.73. The average molecular weight is 385 g/mol. The molecule has 152 valence electrons. The molecule has 1 saturated heterocycles. The number of benzene rings is 1. The Hall–Kier alpha value is -2.34. The van der Waals surface area contributed by atoms with Crippen molar-refractivity contribution < 1.29 is 9.90 Å². The highest BCUT2D eigenvalue weighted by atomic mass is 16.3. The van der Waals surface area contributed by atoms with Crippen LogP contribution in [0.15, 0.2) is 36.7 Å². The maximum absolute atomic E-state index is 12.7. The standard InChI is InChI=1S/C22H32N4O2/c1-24(2)13-4-15-25-16-12-23-22(25)19-5-3-14-26(17-19)21(28)11-8-18-6-9-20(27)10-7-18/h6-7,9-10,12,16,19,27H,3-5,8,11,13-15,17H2,1-2H3/t19-/m0/s1. The highest BCUT2D eigenvalue weighted by Gasteiger charge is 2.27. The van der Waals surface area contributed by atoms with Crippen molar-refractivity contribution in [1.82, 2.24) is 19.4 Å². The van der Waals surface area contributed by atoms with Gasteiger partial charge in [0.05, 0.1) is 0 Å². The molecule has 3 rings (SSSR count). The molecule has 0 bridgehead atoms. The molecule has 1 aliphatic rings. The number of aromatic nitrogens is 2. The lowest BCUT2D eigenvalue weighted by Crippen LogP contribution is -2.39. The molecular weight excluding hydrogens is 352 g/mol. The third-order valence-corrected chi connectivity index (χ3v) is 5.46. The molecule has 0 saturated carbocycles. The van der Waals surface area contributed by atoms with Gasteiger partial charge in [-0.05, 0) is 64.0 Å². The molecule has 2 heterocycles. The molecule has 2 aromatic rings. The Balaban J connectivity index is 1.54. The number of amides is 1. The normalized spacial score (nSPS) is 17.2. The highest BCUT2D eigenvalue weighted by molar-refractivity contribution is 5.76. The first-order valence-corrected chi connectivity index (χ1v) is 10.2. The van der Waals surface area contributed by atoms with Crippen LogP contribution in [0.1, 0.15) is 43.0 Å². The number of nitrogens with zero attached hydrogens (tertiary/aromatic N) is 4. The van der Waals surface area contributed by atoms with Crippen LogP contribution in [-0.4, -0.2) is 64.1 Å². The second-order valence-electron chi connectivity index (χ2n) is 7.98. The van der Waals surface area contributed by atoms with Crippen molar-refractivity contribution in [1.29, 1.82) is 0 Å². The van der Waals surface area contributed by atoms with E-state index < -0.39 is 0 Å². The third-order valence-electron chi connectivity index (χ3n) is 5.46. The minimum Gasteiger partial charge on any atom is -0.508 e. The summed E-state index contributed by atoms with van der Waals surface area (Å²) in [6.07, 6.45) is 8.38. The number of carbonyl (C=O) groups excluding carboxylic acids is 1. The van der Waals surface area contributed by atoms with Crippen LogP contribution in [0.4, 0.5) is 0 Å². The Morgan fingerprint density at radius 1 is 1.29 bits per heavy atom. The van der Waals surface area contributed by atoms with Gasteiger partial charge in [0.15, 0.2) is 0 Å². The van der Waals surface area contributed by atoms with Gasteiger partial charge in [0.2, 0.25) is 5.91 Å². The second-order valence-corrected chi connectivity index (χ2v) is 7.98. The van der Waals surface area contributed by atoms with Crippen molar-refractivity contribution in [3.63, 3.8) is 0 Å². The lowest BCUT2D eigenvalue weighted by molar-refractivity contribution is -0.132. The Bertz CT molecular complexity index is 754. The molecule has 0 aliphatic carbocycles. The molecule has 0 radical (unpaired) electrons. The SMILES string of the molecule is CN(C)CCCn1ccnc1[C@H]1CCCN(C(=O)CCc2ccc(O)cc2)C1. The van der Waals surface area contributed by atoms with Gasteiger partial charge in [-0.2, -0.15) is 0 Å². The first kappa shape index (κ1) is 20.4. The van der Waals surface area contributed by atoms with E-state index >= 15 is 0 Å². The summed E-state index contributed by atoms with van der Waals surface area (Å²) < 4.78 is 2.26. The fourth-order valence-corrected chi connectivity index (χ4v) is 3.91. The minimum absolute atomic E-state index is 0.212. The van der Waals surface area contributed by atoms with Gasteiger partial charge in [-0.25, -0.2) is 4.98 Å². The van der Waals surface area contributed by atoms with Crippen molar-refractivity contribution in [2.75, 3.05) is 33.7 Å². The van der Waals surface area contributed by atoms with E-state index in [4.69, 9.17) is 0 Å². The molecule has 1 aromatic carbocycles. The first-order valence-electron chi connectivity index (χ1n) is 10.2. The van der Waals surface area contributed by atoms with Gasteiger partial charge in [-0.15, -0.1) is 0 Å². The van der Waals surface area contributed by atoms with Crippen LogP contribution >= 0.6 is 0 Å². The number of carbonyl (C=O) groups is 1. The van der Waals surface area contributed by atoms with Gasteiger partial charge in [0.1, 0.15) is 11.6 Å². The lowest BCUT2D eigenvalue weighted by Gasteiger charge is -2.33. The fraction of sp³-hybridized carbons (Fsp3) is 0.545. The van der Waals surface area contributed by atoms with Gasteiger partial charge in [-0.3, -0.25) is 4.79 Å². The maximum Gasteiger partial charge on any atom is 0.222 e. The number of aromatic hydroxyl groups is 1. The summed E-state index contributed by atoms with van der Waals surface area (Å²) in [6.45, 7) is 3.63. The van der Waals surface area contributed by atoms with E-state index in [1.165, 1.54) is 0 Å². The van der Waals surface area contributed by atoms with E-state index in [2.05, 4.69) is 34.7 Å². The van der Waals surface area contributed by atoms with Crippen molar-refractivity contribution in [3.05, 3.63) is 48.0 Å². The van der Waals surface area contributed by atoms with E-state index in [0.29, 0.717) is 18.8 Å². The van der Waals surface area contributed by atoms with Gasteiger partial charge in [0, 0.05) is 44.4 Å². The number of likely N-dealkylation sites (tertiary alicyclic amines) is 1. The van der Waals surface area contributed by atoms with Crippen molar-refractivity contribution in [2.45, 2.75) is 44.6 Å². The maximum atomic E-state index is 12.7. The highest BCUT2D eigenvalue weighted by Crippen LogP contribution is 2.26. The van der Waals surface area contributed by atoms with Gasteiger partial charge in [-0.1, -0.05) is 12.1 Å². The molecule has 6 nitrogen and oxygen atoms in total. The topological polar surface area (TPSA) is 61.6 Å². The zero-order valence-corrected chi connectivity index (χ0v) is 17.0. The molecule has 1 aromatic heterocycles. The Morgan fingerprint density at radius 2 is 2.07 bits per heavy atom. The van der Waals surface area contributed by atoms with E-state index in [0.717, 1.165) is 56.8 Å². The van der Waals surface area contributed by atoms with Crippen LogP contribution in [0.5, 0.6) is 5.75 Å². The summed E-state index contributed by atoms with van der Waals surface area (Å²) >= 11 is 0. The number of rotatable bonds is 8. The first-order chi connectivity index (χ1) is 13.5. The van der Waals surface area contributed by atoms with Crippen LogP contribution in [0.25, 0.3) is 0 Å². The molecule has 1 N–H and O–H groups in total. The molecule has 0 unspecified atom stereocenters. The predicted molar refractivity (Wildman–Crippen MR) is 110 cm³/mol. The lowest BCUT2D eigenvalue weighted by atomic mass is 9.96. The molecule has 0 spiro atoms. The van der Waals surface area contributed by atoms with E-state index in [9.17, 15) is 9.90 Å². The fourth-order valence-electron chi connectivity index (χ4n) is 3.91. The van der Waals surface area contributed by atoms with E-state index in [1.54, 1.807) is 12.1 Å². The average Bonchev–Trinajstić information content (AvgIpc) is 3.15. The molecule has 1 fully saturated rings. The quantitative estimate of drug-likeness (QED) is 0.760. The van der Waals surface area contributed by atoms with Crippen LogP contribution in [-0.2, 0) is 17.8 Å². The van der Waals surface area contributed by atoms with Gasteiger partial charge >= 0.3 is 0 Å². The number of hydrogen-bond donors (Lipinski definition) is 1. The zero-order valence-electron chi connectivity index (χ0n) is 17.0.